The number of rotatable bonds is 6. The van der Waals surface area contributed by atoms with E-state index in [0.717, 1.165) is 12.1 Å². The third-order valence-corrected chi connectivity index (χ3v) is 3.71. The van der Waals surface area contributed by atoms with Crippen LogP contribution in [-0.2, 0) is 6.18 Å². The Bertz CT molecular complexity index is 574. The van der Waals surface area contributed by atoms with Crippen LogP contribution in [0.1, 0.15) is 28.1 Å². The number of thiophene rings is 1. The molecule has 21 heavy (non-hydrogen) atoms. The molecule has 0 saturated heterocycles. The van der Waals surface area contributed by atoms with E-state index in [1.165, 1.54) is 23.5 Å². The molecule has 1 aromatic heterocycles. The van der Waals surface area contributed by atoms with Gasteiger partial charge in [0.05, 0.1) is 17.0 Å². The molecule has 0 fully saturated rings. The summed E-state index contributed by atoms with van der Waals surface area (Å²) >= 11 is 1.39. The molecule has 112 valence electrons. The van der Waals surface area contributed by atoms with Gasteiger partial charge in [0.2, 0.25) is 0 Å². The lowest BCUT2D eigenvalue weighted by molar-refractivity contribution is -0.137. The standard InChI is InChI=1S/C15H13F3O2S/c16-15(17,18)11-5-7-12(8-6-11)20-9-1-3-13(19)14-4-2-10-21-14/h2,4-8,10H,1,3,9H2. The zero-order valence-corrected chi connectivity index (χ0v) is 11.8. The van der Waals surface area contributed by atoms with Gasteiger partial charge in [0, 0.05) is 6.42 Å². The summed E-state index contributed by atoms with van der Waals surface area (Å²) in [6.07, 6.45) is -3.45. The average molecular weight is 314 g/mol. The Balaban J connectivity index is 1.75. The maximum absolute atomic E-state index is 12.4. The highest BCUT2D eigenvalue weighted by Crippen LogP contribution is 2.30. The van der Waals surface area contributed by atoms with Crippen LogP contribution in [0.25, 0.3) is 0 Å². The molecule has 0 aliphatic rings. The van der Waals surface area contributed by atoms with Crippen molar-refractivity contribution in [2.75, 3.05) is 6.61 Å². The fourth-order valence-corrected chi connectivity index (χ4v) is 2.42. The number of ether oxygens (including phenoxy) is 1. The summed E-state index contributed by atoms with van der Waals surface area (Å²) in [4.78, 5) is 12.4. The molecule has 2 nitrogen and oxygen atoms in total. The number of Topliss-reactive ketones (excluding diaryl/α,β-unsaturated/α-hetero) is 1. The molecule has 0 amide bonds. The molecule has 1 heterocycles. The maximum atomic E-state index is 12.4. The first-order valence-electron chi connectivity index (χ1n) is 6.33. The summed E-state index contributed by atoms with van der Waals surface area (Å²) in [5.74, 6) is 0.424. The number of carbonyl (C=O) groups is 1. The zero-order chi connectivity index (χ0) is 15.3. The lowest BCUT2D eigenvalue weighted by Gasteiger charge is -2.09. The number of ketones is 1. The summed E-state index contributed by atoms with van der Waals surface area (Å²) < 4.78 is 42.4. The Morgan fingerprint density at radius 1 is 1.14 bits per heavy atom. The van der Waals surface area contributed by atoms with Crippen molar-refractivity contribution in [3.63, 3.8) is 0 Å². The van der Waals surface area contributed by atoms with E-state index in [0.29, 0.717) is 30.1 Å². The van der Waals surface area contributed by atoms with Gasteiger partial charge in [-0.3, -0.25) is 4.79 Å². The van der Waals surface area contributed by atoms with Gasteiger partial charge in [0.15, 0.2) is 5.78 Å². The zero-order valence-electron chi connectivity index (χ0n) is 11.0. The first-order chi connectivity index (χ1) is 9.97. The van der Waals surface area contributed by atoms with Gasteiger partial charge in [-0.1, -0.05) is 6.07 Å². The number of hydrogen-bond donors (Lipinski definition) is 0. The van der Waals surface area contributed by atoms with Gasteiger partial charge in [-0.2, -0.15) is 13.2 Å². The molecule has 0 aliphatic heterocycles. The second kappa shape index (κ2) is 6.76. The van der Waals surface area contributed by atoms with Crippen LogP contribution in [0, 0.1) is 0 Å². The largest absolute Gasteiger partial charge is 0.494 e. The summed E-state index contributed by atoms with van der Waals surface area (Å²) in [6, 6.07) is 8.10. The summed E-state index contributed by atoms with van der Waals surface area (Å²) in [7, 11) is 0. The maximum Gasteiger partial charge on any atom is 0.416 e. The van der Waals surface area contributed by atoms with Crippen LogP contribution in [0.4, 0.5) is 13.2 Å². The van der Waals surface area contributed by atoms with E-state index in [4.69, 9.17) is 4.74 Å². The molecule has 1 aromatic carbocycles. The van der Waals surface area contributed by atoms with Crippen molar-refractivity contribution >= 4 is 17.1 Å². The van der Waals surface area contributed by atoms with Crippen LogP contribution >= 0.6 is 11.3 Å². The van der Waals surface area contributed by atoms with E-state index in [1.54, 1.807) is 6.07 Å². The van der Waals surface area contributed by atoms with Crippen molar-refractivity contribution in [2.45, 2.75) is 19.0 Å². The van der Waals surface area contributed by atoms with Crippen LogP contribution in [0.3, 0.4) is 0 Å². The number of benzene rings is 1. The van der Waals surface area contributed by atoms with Crippen molar-refractivity contribution in [1.82, 2.24) is 0 Å². The van der Waals surface area contributed by atoms with Crippen LogP contribution in [-0.4, -0.2) is 12.4 Å². The van der Waals surface area contributed by atoms with E-state index in [2.05, 4.69) is 0 Å². The van der Waals surface area contributed by atoms with Gasteiger partial charge in [-0.15, -0.1) is 11.3 Å². The van der Waals surface area contributed by atoms with Gasteiger partial charge in [0.1, 0.15) is 5.75 Å². The molecule has 2 aromatic rings. The third-order valence-electron chi connectivity index (χ3n) is 2.79. The minimum Gasteiger partial charge on any atom is -0.494 e. The third kappa shape index (κ3) is 4.60. The Morgan fingerprint density at radius 3 is 2.43 bits per heavy atom. The van der Waals surface area contributed by atoms with E-state index in [1.807, 2.05) is 11.4 Å². The quantitative estimate of drug-likeness (QED) is 0.565. The highest BCUT2D eigenvalue weighted by Gasteiger charge is 2.29. The van der Waals surface area contributed by atoms with Crippen molar-refractivity contribution in [3.05, 3.63) is 52.2 Å². The Morgan fingerprint density at radius 2 is 1.86 bits per heavy atom. The number of hydrogen-bond acceptors (Lipinski definition) is 3. The first-order valence-corrected chi connectivity index (χ1v) is 7.21. The topological polar surface area (TPSA) is 26.3 Å². The van der Waals surface area contributed by atoms with E-state index < -0.39 is 11.7 Å². The van der Waals surface area contributed by atoms with Crippen molar-refractivity contribution < 1.29 is 22.7 Å². The van der Waals surface area contributed by atoms with Crippen molar-refractivity contribution in [2.24, 2.45) is 0 Å². The van der Waals surface area contributed by atoms with E-state index >= 15 is 0 Å². The van der Waals surface area contributed by atoms with Crippen LogP contribution in [0.2, 0.25) is 0 Å². The molecule has 0 saturated carbocycles. The smallest absolute Gasteiger partial charge is 0.416 e. The normalized spacial score (nSPS) is 11.4. The van der Waals surface area contributed by atoms with E-state index in [-0.39, 0.29) is 5.78 Å². The monoisotopic (exact) mass is 314 g/mol. The van der Waals surface area contributed by atoms with Gasteiger partial charge in [-0.05, 0) is 42.1 Å². The highest BCUT2D eigenvalue weighted by atomic mass is 32.1. The summed E-state index contributed by atoms with van der Waals surface area (Å²) in [6.45, 7) is 0.294. The van der Waals surface area contributed by atoms with Gasteiger partial charge < -0.3 is 4.74 Å². The van der Waals surface area contributed by atoms with Gasteiger partial charge in [-0.25, -0.2) is 0 Å². The molecule has 0 N–H and O–H groups in total. The fourth-order valence-electron chi connectivity index (χ4n) is 1.72. The SMILES string of the molecule is O=C(CCCOc1ccc(C(F)(F)F)cc1)c1cccs1. The first kappa shape index (κ1) is 15.6. The molecule has 0 radical (unpaired) electrons. The second-order valence-corrected chi connectivity index (χ2v) is 5.32. The number of carbonyl (C=O) groups excluding carboxylic acids is 1. The summed E-state index contributed by atoms with van der Waals surface area (Å²) in [5, 5.41) is 1.84. The van der Waals surface area contributed by atoms with Crippen molar-refractivity contribution in [1.29, 1.82) is 0 Å². The molecule has 0 aliphatic carbocycles. The molecule has 2 rings (SSSR count). The molecule has 0 unspecified atom stereocenters. The lowest BCUT2D eigenvalue weighted by Crippen LogP contribution is -2.05. The van der Waals surface area contributed by atoms with Gasteiger partial charge in [0.25, 0.3) is 0 Å². The van der Waals surface area contributed by atoms with Crippen molar-refractivity contribution in [3.8, 4) is 5.75 Å². The van der Waals surface area contributed by atoms with E-state index in [9.17, 15) is 18.0 Å². The second-order valence-electron chi connectivity index (χ2n) is 4.37. The summed E-state index contributed by atoms with van der Waals surface area (Å²) in [5.41, 5.74) is -0.706. The minimum atomic E-state index is -4.34. The molecule has 6 heteroatoms. The predicted molar refractivity (Wildman–Crippen MR) is 74.8 cm³/mol. The number of alkyl halides is 3. The highest BCUT2D eigenvalue weighted by molar-refractivity contribution is 7.12. The minimum absolute atomic E-state index is 0.0565. The molecular formula is C15H13F3O2S. The van der Waals surface area contributed by atoms with Crippen LogP contribution < -0.4 is 4.74 Å². The molecule has 0 atom stereocenters. The van der Waals surface area contributed by atoms with Crippen LogP contribution in [0.5, 0.6) is 5.75 Å². The Hall–Kier alpha value is -1.82. The fraction of sp³-hybridized carbons (Fsp3) is 0.267. The Kier molecular flexibility index (Phi) is 5.01. The average Bonchev–Trinajstić information content (AvgIpc) is 2.97. The Labute approximate surface area is 124 Å². The van der Waals surface area contributed by atoms with Crippen LogP contribution in [0.15, 0.2) is 41.8 Å². The lowest BCUT2D eigenvalue weighted by atomic mass is 10.2. The van der Waals surface area contributed by atoms with Gasteiger partial charge >= 0.3 is 6.18 Å². The molecular weight excluding hydrogens is 301 g/mol. The number of halogens is 3. The molecule has 0 spiro atoms. The predicted octanol–water partition coefficient (Wildman–Crippen LogP) is 4.81. The molecule has 0 bridgehead atoms.